The molecule has 0 spiro atoms. The van der Waals surface area contributed by atoms with Gasteiger partial charge in [-0.15, -0.1) is 5.10 Å². The van der Waals surface area contributed by atoms with Crippen molar-refractivity contribution in [3.05, 3.63) is 71.7 Å². The zero-order valence-electron chi connectivity index (χ0n) is 14.9. The van der Waals surface area contributed by atoms with Gasteiger partial charge in [-0.1, -0.05) is 38.1 Å². The van der Waals surface area contributed by atoms with Crippen molar-refractivity contribution >= 4 is 17.5 Å². The van der Waals surface area contributed by atoms with Gasteiger partial charge in [-0.3, -0.25) is 0 Å². The Labute approximate surface area is 152 Å². The molecule has 0 aliphatic rings. The summed E-state index contributed by atoms with van der Waals surface area (Å²) in [5, 5.41) is 14.3. The van der Waals surface area contributed by atoms with E-state index < -0.39 is 0 Å². The standard InChI is InChI=1S/C20H22FN5/c1-14(2)16-5-9-18(10-6-16)24-19-13-23-26-20(25-19)22-12-11-15-3-7-17(21)8-4-15/h3-10,13-14H,11-12H2,1-2H3,(H2,22,24,25,26). The molecule has 1 aromatic heterocycles. The number of hydrogen-bond donors (Lipinski definition) is 2. The second-order valence-corrected chi connectivity index (χ2v) is 6.37. The molecule has 0 fully saturated rings. The van der Waals surface area contributed by atoms with Crippen LogP contribution in [0.5, 0.6) is 0 Å². The van der Waals surface area contributed by atoms with Crippen LogP contribution in [-0.2, 0) is 6.42 Å². The summed E-state index contributed by atoms with van der Waals surface area (Å²) in [7, 11) is 0. The highest BCUT2D eigenvalue weighted by Gasteiger charge is 2.03. The maximum absolute atomic E-state index is 12.9. The Morgan fingerprint density at radius 3 is 2.42 bits per heavy atom. The molecular weight excluding hydrogens is 329 g/mol. The molecule has 0 aliphatic heterocycles. The van der Waals surface area contributed by atoms with Crippen LogP contribution in [0.25, 0.3) is 0 Å². The largest absolute Gasteiger partial charge is 0.353 e. The van der Waals surface area contributed by atoms with Gasteiger partial charge in [0.1, 0.15) is 5.82 Å². The van der Waals surface area contributed by atoms with Gasteiger partial charge in [-0.2, -0.15) is 10.1 Å². The second kappa shape index (κ2) is 8.38. The van der Waals surface area contributed by atoms with E-state index >= 15 is 0 Å². The van der Waals surface area contributed by atoms with Crippen LogP contribution in [0.4, 0.5) is 21.8 Å². The fourth-order valence-corrected chi connectivity index (χ4v) is 2.51. The number of benzene rings is 2. The molecule has 0 aliphatic carbocycles. The number of rotatable bonds is 7. The minimum absolute atomic E-state index is 0.227. The van der Waals surface area contributed by atoms with Crippen molar-refractivity contribution < 1.29 is 4.39 Å². The molecule has 0 unspecified atom stereocenters. The number of nitrogens with zero attached hydrogens (tertiary/aromatic N) is 3. The molecule has 0 radical (unpaired) electrons. The van der Waals surface area contributed by atoms with E-state index in [-0.39, 0.29) is 5.82 Å². The van der Waals surface area contributed by atoms with Crippen LogP contribution in [0, 0.1) is 5.82 Å². The zero-order valence-corrected chi connectivity index (χ0v) is 14.9. The molecule has 5 nitrogen and oxygen atoms in total. The number of halogens is 1. The van der Waals surface area contributed by atoms with Crippen LogP contribution in [0.2, 0.25) is 0 Å². The van der Waals surface area contributed by atoms with Crippen LogP contribution < -0.4 is 10.6 Å². The van der Waals surface area contributed by atoms with E-state index in [9.17, 15) is 4.39 Å². The van der Waals surface area contributed by atoms with Gasteiger partial charge < -0.3 is 10.6 Å². The average Bonchev–Trinajstić information content (AvgIpc) is 2.64. The average molecular weight is 351 g/mol. The van der Waals surface area contributed by atoms with Crippen LogP contribution in [0.1, 0.15) is 30.9 Å². The predicted molar refractivity (Wildman–Crippen MR) is 102 cm³/mol. The highest BCUT2D eigenvalue weighted by atomic mass is 19.1. The summed E-state index contributed by atoms with van der Waals surface area (Å²) in [6, 6.07) is 14.7. The van der Waals surface area contributed by atoms with Gasteiger partial charge in [-0.25, -0.2) is 4.39 Å². The normalized spacial score (nSPS) is 10.8. The van der Waals surface area contributed by atoms with Gasteiger partial charge in [0.15, 0.2) is 5.82 Å². The van der Waals surface area contributed by atoms with Crippen molar-refractivity contribution in [3.63, 3.8) is 0 Å². The fourth-order valence-electron chi connectivity index (χ4n) is 2.51. The molecule has 0 atom stereocenters. The van der Waals surface area contributed by atoms with Crippen molar-refractivity contribution in [3.8, 4) is 0 Å². The third kappa shape index (κ3) is 4.99. The van der Waals surface area contributed by atoms with Gasteiger partial charge in [0.05, 0.1) is 6.20 Å². The third-order valence-electron chi connectivity index (χ3n) is 4.02. The molecule has 134 valence electrons. The lowest BCUT2D eigenvalue weighted by Gasteiger charge is -2.09. The lowest BCUT2D eigenvalue weighted by molar-refractivity contribution is 0.627. The lowest BCUT2D eigenvalue weighted by Crippen LogP contribution is -2.09. The fraction of sp³-hybridized carbons (Fsp3) is 0.250. The molecule has 0 saturated carbocycles. The molecular formula is C20H22FN5. The van der Waals surface area contributed by atoms with E-state index in [1.165, 1.54) is 17.7 Å². The quantitative estimate of drug-likeness (QED) is 0.655. The van der Waals surface area contributed by atoms with Gasteiger partial charge >= 0.3 is 0 Å². The molecule has 0 bridgehead atoms. The summed E-state index contributed by atoms with van der Waals surface area (Å²) in [5.41, 5.74) is 3.29. The van der Waals surface area contributed by atoms with Crippen molar-refractivity contribution in [2.24, 2.45) is 0 Å². The van der Waals surface area contributed by atoms with Gasteiger partial charge in [0.25, 0.3) is 0 Å². The van der Waals surface area contributed by atoms with Crippen LogP contribution in [-0.4, -0.2) is 21.7 Å². The lowest BCUT2D eigenvalue weighted by atomic mass is 10.0. The van der Waals surface area contributed by atoms with Crippen molar-refractivity contribution in [1.29, 1.82) is 0 Å². The third-order valence-corrected chi connectivity index (χ3v) is 4.02. The summed E-state index contributed by atoms with van der Waals surface area (Å²) in [6.45, 7) is 4.97. The molecule has 3 rings (SSSR count). The topological polar surface area (TPSA) is 62.7 Å². The van der Waals surface area contributed by atoms with E-state index in [4.69, 9.17) is 0 Å². The first-order chi connectivity index (χ1) is 12.6. The molecule has 2 aromatic carbocycles. The van der Waals surface area contributed by atoms with Crippen molar-refractivity contribution in [1.82, 2.24) is 15.2 Å². The summed E-state index contributed by atoms with van der Waals surface area (Å²) in [4.78, 5) is 4.42. The number of aromatic nitrogens is 3. The van der Waals surface area contributed by atoms with Gasteiger partial charge in [0, 0.05) is 12.2 Å². The highest BCUT2D eigenvalue weighted by molar-refractivity contribution is 5.56. The molecule has 6 heteroatoms. The smallest absolute Gasteiger partial charge is 0.244 e. The number of hydrogen-bond acceptors (Lipinski definition) is 5. The summed E-state index contributed by atoms with van der Waals surface area (Å²) in [5.74, 6) is 1.36. The van der Waals surface area contributed by atoms with E-state index in [1.54, 1.807) is 18.3 Å². The van der Waals surface area contributed by atoms with Gasteiger partial charge in [0.2, 0.25) is 5.95 Å². The first kappa shape index (κ1) is 17.8. The summed E-state index contributed by atoms with van der Waals surface area (Å²) >= 11 is 0. The van der Waals surface area contributed by atoms with Crippen LogP contribution in [0.15, 0.2) is 54.7 Å². The number of anilines is 3. The Balaban J connectivity index is 1.56. The van der Waals surface area contributed by atoms with Gasteiger partial charge in [-0.05, 0) is 47.7 Å². The summed E-state index contributed by atoms with van der Waals surface area (Å²) < 4.78 is 12.9. The maximum atomic E-state index is 12.9. The molecule has 2 N–H and O–H groups in total. The Hall–Kier alpha value is -3.02. The molecule has 3 aromatic rings. The number of nitrogens with one attached hydrogen (secondary N) is 2. The molecule has 0 amide bonds. The van der Waals surface area contributed by atoms with E-state index in [0.717, 1.165) is 17.7 Å². The van der Waals surface area contributed by atoms with E-state index in [0.29, 0.717) is 24.2 Å². The van der Waals surface area contributed by atoms with Crippen LogP contribution >= 0.6 is 0 Å². The van der Waals surface area contributed by atoms with E-state index in [2.05, 4.69) is 51.8 Å². The minimum Gasteiger partial charge on any atom is -0.353 e. The molecule has 0 saturated heterocycles. The first-order valence-electron chi connectivity index (χ1n) is 8.65. The SMILES string of the molecule is CC(C)c1ccc(Nc2cnnc(NCCc3ccc(F)cc3)n2)cc1. The van der Waals surface area contributed by atoms with Crippen LogP contribution in [0.3, 0.4) is 0 Å². The van der Waals surface area contributed by atoms with Crippen molar-refractivity contribution in [2.45, 2.75) is 26.2 Å². The highest BCUT2D eigenvalue weighted by Crippen LogP contribution is 2.19. The predicted octanol–water partition coefficient (Wildman–Crippen LogP) is 4.53. The second-order valence-electron chi connectivity index (χ2n) is 6.37. The molecule has 26 heavy (non-hydrogen) atoms. The Bertz CT molecular complexity index is 832. The molecule has 1 heterocycles. The Kier molecular flexibility index (Phi) is 5.73. The summed E-state index contributed by atoms with van der Waals surface area (Å²) in [6.07, 6.45) is 2.33. The maximum Gasteiger partial charge on any atom is 0.244 e. The monoisotopic (exact) mass is 351 g/mol. The minimum atomic E-state index is -0.227. The Morgan fingerprint density at radius 1 is 1.00 bits per heavy atom. The van der Waals surface area contributed by atoms with Crippen molar-refractivity contribution in [2.75, 3.05) is 17.2 Å². The van der Waals surface area contributed by atoms with E-state index in [1.807, 2.05) is 12.1 Å². The first-order valence-corrected chi connectivity index (χ1v) is 8.65. The Morgan fingerprint density at radius 2 is 1.73 bits per heavy atom. The zero-order chi connectivity index (χ0) is 18.4.